The van der Waals surface area contributed by atoms with Gasteiger partial charge < -0.3 is 5.32 Å². The van der Waals surface area contributed by atoms with Crippen molar-refractivity contribution in [1.82, 2.24) is 9.97 Å². The molecule has 1 aromatic heterocycles. The number of nitro groups is 1. The molecule has 0 atom stereocenters. The lowest BCUT2D eigenvalue weighted by atomic mass is 10.2. The molecule has 0 radical (unpaired) electrons. The molecule has 0 saturated heterocycles. The molecule has 6 heteroatoms. The van der Waals surface area contributed by atoms with Gasteiger partial charge in [0.15, 0.2) is 5.52 Å². The molecule has 0 bridgehead atoms. The minimum absolute atomic E-state index is 0.0305. The number of benzene rings is 1. The summed E-state index contributed by atoms with van der Waals surface area (Å²) in [6, 6.07) is 3.04. The highest BCUT2D eigenvalue weighted by Crippen LogP contribution is 2.27. The van der Waals surface area contributed by atoms with Gasteiger partial charge in [0.25, 0.3) is 5.69 Å². The Morgan fingerprint density at radius 1 is 1.27 bits per heavy atom. The SMILES string of the molecule is CNc1ccc([N+](=O)[O-])c2nccnc12. The highest BCUT2D eigenvalue weighted by Gasteiger charge is 2.15. The molecular weight excluding hydrogens is 196 g/mol. The predicted octanol–water partition coefficient (Wildman–Crippen LogP) is 1.58. The summed E-state index contributed by atoms with van der Waals surface area (Å²) in [7, 11) is 1.73. The molecule has 1 N–H and O–H groups in total. The molecule has 0 aliphatic heterocycles. The summed E-state index contributed by atoms with van der Waals surface area (Å²) < 4.78 is 0. The molecule has 0 aliphatic rings. The molecule has 1 heterocycles. The first-order valence-electron chi connectivity index (χ1n) is 4.30. The number of nitrogens with zero attached hydrogens (tertiary/aromatic N) is 3. The second-order valence-corrected chi connectivity index (χ2v) is 2.89. The normalized spacial score (nSPS) is 10.2. The van der Waals surface area contributed by atoms with E-state index in [1.54, 1.807) is 13.1 Å². The lowest BCUT2D eigenvalue weighted by Gasteiger charge is -2.03. The van der Waals surface area contributed by atoms with Crippen molar-refractivity contribution >= 4 is 22.4 Å². The van der Waals surface area contributed by atoms with Crippen LogP contribution in [-0.2, 0) is 0 Å². The van der Waals surface area contributed by atoms with E-state index in [1.807, 2.05) is 0 Å². The van der Waals surface area contributed by atoms with Gasteiger partial charge in [-0.25, -0.2) is 4.98 Å². The third-order valence-electron chi connectivity index (χ3n) is 2.07. The standard InChI is InChI=1S/C9H8N4O2/c1-10-6-2-3-7(13(14)15)9-8(6)11-4-5-12-9/h2-5,10H,1H3. The first-order chi connectivity index (χ1) is 7.24. The van der Waals surface area contributed by atoms with Gasteiger partial charge in [0, 0.05) is 25.5 Å². The topological polar surface area (TPSA) is 81.0 Å². The molecule has 0 aliphatic carbocycles. The van der Waals surface area contributed by atoms with Crippen LogP contribution in [0.2, 0.25) is 0 Å². The number of non-ortho nitro benzene ring substituents is 1. The van der Waals surface area contributed by atoms with Crippen LogP contribution in [0.25, 0.3) is 11.0 Å². The highest BCUT2D eigenvalue weighted by molar-refractivity contribution is 5.93. The fourth-order valence-corrected chi connectivity index (χ4v) is 1.39. The summed E-state index contributed by atoms with van der Waals surface area (Å²) in [6.07, 6.45) is 2.95. The zero-order valence-corrected chi connectivity index (χ0v) is 7.97. The maximum Gasteiger partial charge on any atom is 0.297 e. The minimum Gasteiger partial charge on any atom is -0.386 e. The minimum atomic E-state index is -0.462. The molecule has 0 amide bonds. The molecule has 1 aromatic carbocycles. The lowest BCUT2D eigenvalue weighted by Crippen LogP contribution is -1.96. The Kier molecular flexibility index (Phi) is 2.17. The maximum absolute atomic E-state index is 10.7. The Morgan fingerprint density at radius 2 is 1.93 bits per heavy atom. The fraction of sp³-hybridized carbons (Fsp3) is 0.111. The van der Waals surface area contributed by atoms with Crippen LogP contribution in [0.1, 0.15) is 0 Å². The number of nitrogens with one attached hydrogen (secondary N) is 1. The van der Waals surface area contributed by atoms with E-state index >= 15 is 0 Å². The Morgan fingerprint density at radius 3 is 2.53 bits per heavy atom. The molecule has 6 nitrogen and oxygen atoms in total. The van der Waals surface area contributed by atoms with E-state index in [2.05, 4.69) is 15.3 Å². The smallest absolute Gasteiger partial charge is 0.297 e. The van der Waals surface area contributed by atoms with Crippen molar-refractivity contribution in [3.05, 3.63) is 34.6 Å². The molecule has 0 saturated carbocycles. The first kappa shape index (κ1) is 9.32. The number of hydrogen-bond donors (Lipinski definition) is 1. The van der Waals surface area contributed by atoms with Crippen molar-refractivity contribution in [2.75, 3.05) is 12.4 Å². The van der Waals surface area contributed by atoms with Gasteiger partial charge in [-0.2, -0.15) is 0 Å². The molecule has 15 heavy (non-hydrogen) atoms. The van der Waals surface area contributed by atoms with E-state index in [0.29, 0.717) is 11.0 Å². The number of fused-ring (bicyclic) bond motifs is 1. The van der Waals surface area contributed by atoms with Crippen LogP contribution < -0.4 is 5.32 Å². The summed E-state index contributed by atoms with van der Waals surface area (Å²) in [6.45, 7) is 0. The van der Waals surface area contributed by atoms with Crippen molar-refractivity contribution in [3.8, 4) is 0 Å². The predicted molar refractivity (Wildman–Crippen MR) is 55.7 cm³/mol. The van der Waals surface area contributed by atoms with Gasteiger partial charge in [0.1, 0.15) is 5.52 Å². The maximum atomic E-state index is 10.7. The Balaban J connectivity index is 2.83. The Labute approximate surface area is 85.1 Å². The van der Waals surface area contributed by atoms with E-state index in [0.717, 1.165) is 5.69 Å². The second-order valence-electron chi connectivity index (χ2n) is 2.89. The summed E-state index contributed by atoms with van der Waals surface area (Å²) in [5.41, 5.74) is 1.50. The summed E-state index contributed by atoms with van der Waals surface area (Å²) in [5.74, 6) is 0. The van der Waals surface area contributed by atoms with Crippen LogP contribution in [0.5, 0.6) is 0 Å². The number of hydrogen-bond acceptors (Lipinski definition) is 5. The quantitative estimate of drug-likeness (QED) is 0.593. The van der Waals surface area contributed by atoms with Gasteiger partial charge >= 0.3 is 0 Å². The Bertz CT molecular complexity index is 527. The van der Waals surface area contributed by atoms with E-state index < -0.39 is 4.92 Å². The number of anilines is 1. The fourth-order valence-electron chi connectivity index (χ4n) is 1.39. The van der Waals surface area contributed by atoms with Crippen molar-refractivity contribution in [2.24, 2.45) is 0 Å². The van der Waals surface area contributed by atoms with Gasteiger partial charge in [-0.15, -0.1) is 0 Å². The lowest BCUT2D eigenvalue weighted by molar-refractivity contribution is -0.383. The van der Waals surface area contributed by atoms with E-state index in [1.165, 1.54) is 18.5 Å². The molecule has 0 unspecified atom stereocenters. The van der Waals surface area contributed by atoms with Gasteiger partial charge in [-0.1, -0.05) is 0 Å². The summed E-state index contributed by atoms with van der Waals surface area (Å²) >= 11 is 0. The molecule has 0 spiro atoms. The number of aromatic nitrogens is 2. The van der Waals surface area contributed by atoms with Crippen LogP contribution in [0.15, 0.2) is 24.5 Å². The number of rotatable bonds is 2. The van der Waals surface area contributed by atoms with Crippen molar-refractivity contribution in [2.45, 2.75) is 0 Å². The van der Waals surface area contributed by atoms with Crippen molar-refractivity contribution in [3.63, 3.8) is 0 Å². The molecule has 2 aromatic rings. The van der Waals surface area contributed by atoms with E-state index in [9.17, 15) is 10.1 Å². The highest BCUT2D eigenvalue weighted by atomic mass is 16.6. The third kappa shape index (κ3) is 1.45. The average Bonchev–Trinajstić information content (AvgIpc) is 2.27. The van der Waals surface area contributed by atoms with Crippen LogP contribution in [0.4, 0.5) is 11.4 Å². The van der Waals surface area contributed by atoms with Crippen molar-refractivity contribution < 1.29 is 4.92 Å². The zero-order chi connectivity index (χ0) is 10.8. The van der Waals surface area contributed by atoms with Crippen LogP contribution in [0.3, 0.4) is 0 Å². The number of nitro benzene ring substituents is 1. The van der Waals surface area contributed by atoms with Gasteiger partial charge in [0.05, 0.1) is 10.6 Å². The van der Waals surface area contributed by atoms with Crippen LogP contribution in [0, 0.1) is 10.1 Å². The van der Waals surface area contributed by atoms with Gasteiger partial charge in [-0.05, 0) is 6.07 Å². The average molecular weight is 204 g/mol. The largest absolute Gasteiger partial charge is 0.386 e. The summed E-state index contributed by atoms with van der Waals surface area (Å²) in [4.78, 5) is 18.3. The monoisotopic (exact) mass is 204 g/mol. The third-order valence-corrected chi connectivity index (χ3v) is 2.07. The van der Waals surface area contributed by atoms with E-state index in [4.69, 9.17) is 0 Å². The van der Waals surface area contributed by atoms with E-state index in [-0.39, 0.29) is 5.69 Å². The summed E-state index contributed by atoms with van der Waals surface area (Å²) in [5, 5.41) is 13.6. The van der Waals surface area contributed by atoms with Crippen LogP contribution >= 0.6 is 0 Å². The second kappa shape index (κ2) is 3.49. The molecule has 2 rings (SSSR count). The van der Waals surface area contributed by atoms with Crippen LogP contribution in [-0.4, -0.2) is 21.9 Å². The zero-order valence-electron chi connectivity index (χ0n) is 7.97. The molecule has 0 fully saturated rings. The molecular formula is C9H8N4O2. The van der Waals surface area contributed by atoms with Crippen molar-refractivity contribution in [1.29, 1.82) is 0 Å². The molecule has 76 valence electrons. The van der Waals surface area contributed by atoms with Gasteiger partial charge in [0.2, 0.25) is 0 Å². The van der Waals surface area contributed by atoms with Gasteiger partial charge in [-0.3, -0.25) is 15.1 Å². The first-order valence-corrected chi connectivity index (χ1v) is 4.30. The Hall–Kier alpha value is -2.24.